The van der Waals surface area contributed by atoms with Crippen molar-refractivity contribution in [1.82, 2.24) is 5.43 Å². The van der Waals surface area contributed by atoms with Crippen LogP contribution in [0.4, 0.5) is 0 Å². The number of halogens is 2. The van der Waals surface area contributed by atoms with Crippen LogP contribution in [0.15, 0.2) is 76.3 Å². The lowest BCUT2D eigenvalue weighted by molar-refractivity contribution is -0.127. The number of rotatable bonds is 9. The molecule has 176 valence electrons. The van der Waals surface area contributed by atoms with Crippen molar-refractivity contribution in [3.8, 4) is 17.2 Å². The van der Waals surface area contributed by atoms with Crippen molar-refractivity contribution < 1.29 is 23.8 Å². The van der Waals surface area contributed by atoms with Crippen LogP contribution in [-0.2, 0) is 4.79 Å². The van der Waals surface area contributed by atoms with E-state index in [2.05, 4.69) is 26.5 Å². The van der Waals surface area contributed by atoms with Crippen molar-refractivity contribution >= 4 is 45.6 Å². The van der Waals surface area contributed by atoms with Gasteiger partial charge < -0.3 is 14.2 Å². The molecule has 3 aromatic rings. The van der Waals surface area contributed by atoms with Gasteiger partial charge in [-0.05, 0) is 80.6 Å². The molecule has 0 aliphatic rings. The molecule has 34 heavy (non-hydrogen) atoms. The van der Waals surface area contributed by atoms with Crippen LogP contribution in [-0.4, -0.2) is 30.8 Å². The van der Waals surface area contributed by atoms with E-state index >= 15 is 0 Å². The summed E-state index contributed by atoms with van der Waals surface area (Å²) >= 11 is 9.24. The third-order valence-corrected chi connectivity index (χ3v) is 5.19. The van der Waals surface area contributed by atoms with Crippen LogP contribution in [0.5, 0.6) is 17.2 Å². The van der Waals surface area contributed by atoms with Gasteiger partial charge in [0.25, 0.3) is 5.91 Å². The highest BCUT2D eigenvalue weighted by Crippen LogP contribution is 2.23. The Labute approximate surface area is 210 Å². The quantitative estimate of drug-likeness (QED) is 0.163. The van der Waals surface area contributed by atoms with Gasteiger partial charge in [0.2, 0.25) is 0 Å². The van der Waals surface area contributed by atoms with E-state index in [-0.39, 0.29) is 5.75 Å². The number of ether oxygens (including phenoxy) is 3. The molecule has 1 atom stereocenters. The number of carbonyl (C=O) groups excluding carboxylic acids is 2. The molecular weight excluding hydrogens is 524 g/mol. The molecule has 0 heterocycles. The summed E-state index contributed by atoms with van der Waals surface area (Å²) in [6.45, 7) is 4.02. The first-order chi connectivity index (χ1) is 16.4. The standard InChI is InChI=1S/C25H22BrClN2O5/c1-3-32-21-9-4-17(5-10-21)25(31)34-23-13-6-19(26)14-18(23)15-28-29-24(30)16(2)33-22-11-7-20(27)8-12-22/h4-16H,3H2,1-2H3,(H,29,30)/b28-15-/t16-/m1/s1. The lowest BCUT2D eigenvalue weighted by Crippen LogP contribution is -2.33. The van der Waals surface area contributed by atoms with Crippen molar-refractivity contribution in [1.29, 1.82) is 0 Å². The smallest absolute Gasteiger partial charge is 0.343 e. The van der Waals surface area contributed by atoms with Crippen LogP contribution in [0.2, 0.25) is 5.02 Å². The van der Waals surface area contributed by atoms with E-state index in [0.717, 1.165) is 4.47 Å². The zero-order valence-corrected chi connectivity index (χ0v) is 20.8. The monoisotopic (exact) mass is 544 g/mol. The van der Waals surface area contributed by atoms with Crippen molar-refractivity contribution in [2.45, 2.75) is 20.0 Å². The predicted octanol–water partition coefficient (Wildman–Crippen LogP) is 5.64. The third kappa shape index (κ3) is 7.33. The van der Waals surface area contributed by atoms with Gasteiger partial charge in [0, 0.05) is 15.1 Å². The van der Waals surface area contributed by atoms with Gasteiger partial charge >= 0.3 is 5.97 Å². The fourth-order valence-corrected chi connectivity index (χ4v) is 3.26. The van der Waals surface area contributed by atoms with E-state index in [1.54, 1.807) is 73.7 Å². The molecule has 0 fully saturated rings. The number of nitrogens with zero attached hydrogens (tertiary/aromatic N) is 1. The Morgan fingerprint density at radius 2 is 1.74 bits per heavy atom. The molecule has 1 N–H and O–H groups in total. The van der Waals surface area contributed by atoms with E-state index in [9.17, 15) is 9.59 Å². The van der Waals surface area contributed by atoms with E-state index < -0.39 is 18.0 Å². The highest BCUT2D eigenvalue weighted by molar-refractivity contribution is 9.10. The second-order valence-corrected chi connectivity index (χ2v) is 8.33. The van der Waals surface area contributed by atoms with Gasteiger partial charge in [-0.15, -0.1) is 0 Å². The molecule has 0 aromatic heterocycles. The highest BCUT2D eigenvalue weighted by atomic mass is 79.9. The summed E-state index contributed by atoms with van der Waals surface area (Å²) in [5.41, 5.74) is 3.28. The number of hydrogen-bond acceptors (Lipinski definition) is 6. The molecule has 9 heteroatoms. The number of amides is 1. The topological polar surface area (TPSA) is 86.2 Å². The summed E-state index contributed by atoms with van der Waals surface area (Å²) < 4.78 is 17.2. The van der Waals surface area contributed by atoms with Crippen LogP contribution < -0.4 is 19.6 Å². The first-order valence-electron chi connectivity index (χ1n) is 10.4. The number of hydrazone groups is 1. The zero-order chi connectivity index (χ0) is 24.5. The van der Waals surface area contributed by atoms with Crippen molar-refractivity contribution in [3.05, 3.63) is 87.4 Å². The largest absolute Gasteiger partial charge is 0.494 e. The molecule has 7 nitrogen and oxygen atoms in total. The Bertz CT molecular complexity index is 1170. The van der Waals surface area contributed by atoms with Crippen LogP contribution in [0, 0.1) is 0 Å². The van der Waals surface area contributed by atoms with E-state index in [1.807, 2.05) is 6.92 Å². The summed E-state index contributed by atoms with van der Waals surface area (Å²) in [7, 11) is 0. The summed E-state index contributed by atoms with van der Waals surface area (Å²) in [5.74, 6) is 0.473. The zero-order valence-electron chi connectivity index (χ0n) is 18.5. The minimum atomic E-state index is -0.794. The molecule has 3 aromatic carbocycles. The molecule has 0 spiro atoms. The molecule has 0 saturated heterocycles. The van der Waals surface area contributed by atoms with Crippen LogP contribution in [0.25, 0.3) is 0 Å². The number of esters is 1. The molecule has 0 aliphatic heterocycles. The van der Waals surface area contributed by atoms with Crippen LogP contribution >= 0.6 is 27.5 Å². The van der Waals surface area contributed by atoms with Gasteiger partial charge in [-0.1, -0.05) is 27.5 Å². The average molecular weight is 546 g/mol. The van der Waals surface area contributed by atoms with Gasteiger partial charge in [0.15, 0.2) is 6.10 Å². The summed E-state index contributed by atoms with van der Waals surface area (Å²) in [4.78, 5) is 24.9. The van der Waals surface area contributed by atoms with Gasteiger partial charge in [-0.3, -0.25) is 4.79 Å². The molecule has 3 rings (SSSR count). The van der Waals surface area contributed by atoms with Crippen LogP contribution in [0.1, 0.15) is 29.8 Å². The van der Waals surface area contributed by atoms with Crippen molar-refractivity contribution in [3.63, 3.8) is 0 Å². The minimum absolute atomic E-state index is 0.283. The van der Waals surface area contributed by atoms with Gasteiger partial charge in [0.05, 0.1) is 18.4 Å². The summed E-state index contributed by atoms with van der Waals surface area (Å²) in [5, 5.41) is 4.55. The SMILES string of the molecule is CCOc1ccc(C(=O)Oc2ccc(Br)cc2/C=N\NC(=O)[C@@H](C)Oc2ccc(Cl)cc2)cc1. The number of hydrogen-bond donors (Lipinski definition) is 1. The second-order valence-electron chi connectivity index (χ2n) is 6.98. The first-order valence-corrected chi connectivity index (χ1v) is 11.5. The first kappa shape index (κ1) is 25.3. The highest BCUT2D eigenvalue weighted by Gasteiger charge is 2.15. The molecule has 0 unspecified atom stereocenters. The maximum absolute atomic E-state index is 12.6. The Morgan fingerprint density at radius 1 is 1.06 bits per heavy atom. The van der Waals surface area contributed by atoms with Crippen molar-refractivity contribution in [2.75, 3.05) is 6.61 Å². The van der Waals surface area contributed by atoms with E-state index in [4.69, 9.17) is 25.8 Å². The fourth-order valence-electron chi connectivity index (χ4n) is 2.75. The molecule has 0 aliphatic carbocycles. The molecule has 0 bridgehead atoms. The van der Waals surface area contributed by atoms with E-state index in [0.29, 0.717) is 34.3 Å². The molecule has 0 saturated carbocycles. The Kier molecular flexibility index (Phi) is 9.07. The average Bonchev–Trinajstić information content (AvgIpc) is 2.82. The second kappa shape index (κ2) is 12.2. The Hall–Kier alpha value is -3.36. The molecule has 0 radical (unpaired) electrons. The van der Waals surface area contributed by atoms with Gasteiger partial charge in [-0.2, -0.15) is 5.10 Å². The van der Waals surface area contributed by atoms with Gasteiger partial charge in [0.1, 0.15) is 17.2 Å². The molecule has 1 amide bonds. The Balaban J connectivity index is 1.64. The maximum atomic E-state index is 12.6. The number of nitrogens with one attached hydrogen (secondary N) is 1. The Morgan fingerprint density at radius 3 is 2.41 bits per heavy atom. The van der Waals surface area contributed by atoms with E-state index in [1.165, 1.54) is 6.21 Å². The summed E-state index contributed by atoms with van der Waals surface area (Å²) in [6, 6.07) is 18.4. The normalized spacial score (nSPS) is 11.6. The third-order valence-electron chi connectivity index (χ3n) is 4.45. The number of carbonyl (C=O) groups is 2. The fraction of sp³-hybridized carbons (Fsp3) is 0.160. The maximum Gasteiger partial charge on any atom is 0.343 e. The lowest BCUT2D eigenvalue weighted by Gasteiger charge is -2.13. The minimum Gasteiger partial charge on any atom is -0.494 e. The van der Waals surface area contributed by atoms with Crippen LogP contribution in [0.3, 0.4) is 0 Å². The van der Waals surface area contributed by atoms with Crippen molar-refractivity contribution in [2.24, 2.45) is 5.10 Å². The predicted molar refractivity (Wildman–Crippen MR) is 134 cm³/mol. The van der Waals surface area contributed by atoms with Gasteiger partial charge in [-0.25, -0.2) is 10.2 Å². The molecular formula is C25H22BrClN2O5. The lowest BCUT2D eigenvalue weighted by atomic mass is 10.2. The number of benzene rings is 3. The summed E-state index contributed by atoms with van der Waals surface area (Å²) in [6.07, 6.45) is 0.594.